The molecule has 90 valence electrons. The van der Waals surface area contributed by atoms with E-state index >= 15 is 0 Å². The SMILES string of the molecule is CC1CCCC(CNCCc2ncno2)C1. The number of hydrogen-bond acceptors (Lipinski definition) is 4. The summed E-state index contributed by atoms with van der Waals surface area (Å²) >= 11 is 0. The summed E-state index contributed by atoms with van der Waals surface area (Å²) in [4.78, 5) is 3.99. The number of hydrogen-bond donors (Lipinski definition) is 1. The van der Waals surface area contributed by atoms with Gasteiger partial charge < -0.3 is 9.84 Å². The Morgan fingerprint density at radius 2 is 2.44 bits per heavy atom. The first kappa shape index (κ1) is 11.6. The maximum Gasteiger partial charge on any atom is 0.227 e. The van der Waals surface area contributed by atoms with Gasteiger partial charge >= 0.3 is 0 Å². The lowest BCUT2D eigenvalue weighted by molar-refractivity contribution is 0.273. The molecule has 0 amide bonds. The Balaban J connectivity index is 1.57. The molecule has 1 aromatic rings. The third kappa shape index (κ3) is 3.59. The predicted octanol–water partition coefficient (Wildman–Crippen LogP) is 2.03. The molecule has 0 bridgehead atoms. The Morgan fingerprint density at radius 1 is 1.50 bits per heavy atom. The number of nitrogens with zero attached hydrogens (tertiary/aromatic N) is 2. The van der Waals surface area contributed by atoms with Gasteiger partial charge in [-0.1, -0.05) is 24.9 Å². The molecule has 1 fully saturated rings. The Morgan fingerprint density at radius 3 is 3.19 bits per heavy atom. The molecule has 0 aromatic carbocycles. The summed E-state index contributed by atoms with van der Waals surface area (Å²) in [5.41, 5.74) is 0. The van der Waals surface area contributed by atoms with Crippen LogP contribution < -0.4 is 5.32 Å². The highest BCUT2D eigenvalue weighted by Gasteiger charge is 2.18. The van der Waals surface area contributed by atoms with E-state index in [0.717, 1.165) is 37.2 Å². The lowest BCUT2D eigenvalue weighted by Crippen LogP contribution is -2.28. The monoisotopic (exact) mass is 223 g/mol. The summed E-state index contributed by atoms with van der Waals surface area (Å²) in [5.74, 6) is 2.51. The first-order valence-electron chi connectivity index (χ1n) is 6.31. The summed E-state index contributed by atoms with van der Waals surface area (Å²) in [7, 11) is 0. The quantitative estimate of drug-likeness (QED) is 0.776. The third-order valence-electron chi connectivity index (χ3n) is 3.40. The standard InChI is InChI=1S/C12H21N3O/c1-10-3-2-4-11(7-10)8-13-6-5-12-14-9-15-16-12/h9-11,13H,2-8H2,1H3. The predicted molar refractivity (Wildman–Crippen MR) is 62.0 cm³/mol. The molecule has 1 aliphatic carbocycles. The third-order valence-corrected chi connectivity index (χ3v) is 3.40. The maximum absolute atomic E-state index is 4.94. The first-order chi connectivity index (χ1) is 7.84. The minimum absolute atomic E-state index is 0.726. The van der Waals surface area contributed by atoms with E-state index in [1.54, 1.807) is 0 Å². The summed E-state index contributed by atoms with van der Waals surface area (Å²) in [5, 5.41) is 7.07. The minimum Gasteiger partial charge on any atom is -0.340 e. The molecular weight excluding hydrogens is 202 g/mol. The van der Waals surface area contributed by atoms with E-state index in [1.165, 1.54) is 32.0 Å². The minimum atomic E-state index is 0.726. The summed E-state index contributed by atoms with van der Waals surface area (Å²) in [6, 6.07) is 0. The van der Waals surface area contributed by atoms with Gasteiger partial charge in [-0.25, -0.2) is 0 Å². The van der Waals surface area contributed by atoms with Gasteiger partial charge in [0.25, 0.3) is 0 Å². The summed E-state index contributed by atoms with van der Waals surface area (Å²) in [6.45, 7) is 4.44. The molecule has 2 rings (SSSR count). The van der Waals surface area contributed by atoms with Crippen molar-refractivity contribution in [3.63, 3.8) is 0 Å². The van der Waals surface area contributed by atoms with Gasteiger partial charge in [-0.15, -0.1) is 0 Å². The van der Waals surface area contributed by atoms with Crippen LogP contribution in [0.4, 0.5) is 0 Å². The van der Waals surface area contributed by atoms with Crippen LogP contribution >= 0.6 is 0 Å². The highest BCUT2D eigenvalue weighted by Crippen LogP contribution is 2.27. The van der Waals surface area contributed by atoms with Crippen molar-refractivity contribution < 1.29 is 4.52 Å². The fraction of sp³-hybridized carbons (Fsp3) is 0.833. The smallest absolute Gasteiger partial charge is 0.227 e. The highest BCUT2D eigenvalue weighted by molar-refractivity contribution is 4.76. The summed E-state index contributed by atoms with van der Waals surface area (Å²) in [6.07, 6.45) is 7.88. The number of rotatable bonds is 5. The number of aromatic nitrogens is 2. The first-order valence-corrected chi connectivity index (χ1v) is 6.31. The Hall–Kier alpha value is -0.900. The molecule has 0 radical (unpaired) electrons. The summed E-state index contributed by atoms with van der Waals surface area (Å²) < 4.78 is 4.94. The average Bonchev–Trinajstić information content (AvgIpc) is 2.77. The zero-order valence-electron chi connectivity index (χ0n) is 9.98. The molecule has 4 nitrogen and oxygen atoms in total. The van der Waals surface area contributed by atoms with Crippen molar-refractivity contribution in [3.8, 4) is 0 Å². The van der Waals surface area contributed by atoms with E-state index in [2.05, 4.69) is 22.4 Å². The van der Waals surface area contributed by atoms with Crippen molar-refractivity contribution in [1.29, 1.82) is 0 Å². The van der Waals surface area contributed by atoms with Gasteiger partial charge in [0.2, 0.25) is 5.89 Å². The van der Waals surface area contributed by atoms with Crippen LogP contribution in [-0.4, -0.2) is 23.2 Å². The Labute approximate surface area is 96.8 Å². The highest BCUT2D eigenvalue weighted by atomic mass is 16.5. The molecule has 1 saturated carbocycles. The van der Waals surface area contributed by atoms with Crippen molar-refractivity contribution in [2.75, 3.05) is 13.1 Å². The lowest BCUT2D eigenvalue weighted by Gasteiger charge is -2.26. The fourth-order valence-corrected chi connectivity index (χ4v) is 2.55. The van der Waals surface area contributed by atoms with Crippen LogP contribution in [0.25, 0.3) is 0 Å². The molecule has 1 heterocycles. The van der Waals surface area contributed by atoms with Crippen LogP contribution in [0, 0.1) is 11.8 Å². The van der Waals surface area contributed by atoms with Gasteiger partial charge in [-0.3, -0.25) is 0 Å². The van der Waals surface area contributed by atoms with Crippen LogP contribution in [0.5, 0.6) is 0 Å². The van der Waals surface area contributed by atoms with Crippen LogP contribution in [0.3, 0.4) is 0 Å². The van der Waals surface area contributed by atoms with E-state index in [-0.39, 0.29) is 0 Å². The van der Waals surface area contributed by atoms with E-state index < -0.39 is 0 Å². The van der Waals surface area contributed by atoms with Gasteiger partial charge in [0.15, 0.2) is 6.33 Å². The molecular formula is C12H21N3O. The maximum atomic E-state index is 4.94. The Bertz CT molecular complexity index is 286. The van der Waals surface area contributed by atoms with Crippen LogP contribution in [0.1, 0.15) is 38.5 Å². The van der Waals surface area contributed by atoms with Crippen molar-refractivity contribution in [2.45, 2.75) is 39.0 Å². The molecule has 4 heteroatoms. The van der Waals surface area contributed by atoms with Gasteiger partial charge in [0.1, 0.15) is 0 Å². The van der Waals surface area contributed by atoms with E-state index in [1.807, 2.05) is 0 Å². The molecule has 2 atom stereocenters. The van der Waals surface area contributed by atoms with E-state index in [0.29, 0.717) is 0 Å². The normalized spacial score (nSPS) is 25.8. The molecule has 16 heavy (non-hydrogen) atoms. The molecule has 1 aromatic heterocycles. The van der Waals surface area contributed by atoms with Crippen LogP contribution in [0.15, 0.2) is 10.9 Å². The molecule has 0 saturated heterocycles. The fourth-order valence-electron chi connectivity index (χ4n) is 2.55. The van der Waals surface area contributed by atoms with Crippen LogP contribution in [-0.2, 0) is 6.42 Å². The van der Waals surface area contributed by atoms with Crippen molar-refractivity contribution in [2.24, 2.45) is 11.8 Å². The average molecular weight is 223 g/mol. The lowest BCUT2D eigenvalue weighted by atomic mass is 9.82. The van der Waals surface area contributed by atoms with Crippen molar-refractivity contribution in [1.82, 2.24) is 15.5 Å². The van der Waals surface area contributed by atoms with Gasteiger partial charge in [0.05, 0.1) is 0 Å². The molecule has 0 spiro atoms. The molecule has 1 N–H and O–H groups in total. The van der Waals surface area contributed by atoms with Gasteiger partial charge in [-0.05, 0) is 31.2 Å². The van der Waals surface area contributed by atoms with Crippen LogP contribution in [0.2, 0.25) is 0 Å². The molecule has 0 aliphatic heterocycles. The van der Waals surface area contributed by atoms with Crippen molar-refractivity contribution >= 4 is 0 Å². The molecule has 1 aliphatic rings. The van der Waals surface area contributed by atoms with Gasteiger partial charge in [-0.2, -0.15) is 4.98 Å². The molecule has 2 unspecified atom stereocenters. The second-order valence-electron chi connectivity index (χ2n) is 4.93. The Kier molecular flexibility index (Phi) is 4.34. The largest absolute Gasteiger partial charge is 0.340 e. The zero-order valence-corrected chi connectivity index (χ0v) is 9.98. The zero-order chi connectivity index (χ0) is 11.2. The topological polar surface area (TPSA) is 51.0 Å². The van der Waals surface area contributed by atoms with Gasteiger partial charge in [0, 0.05) is 13.0 Å². The van der Waals surface area contributed by atoms with E-state index in [4.69, 9.17) is 4.52 Å². The van der Waals surface area contributed by atoms with Crippen molar-refractivity contribution in [3.05, 3.63) is 12.2 Å². The van der Waals surface area contributed by atoms with E-state index in [9.17, 15) is 0 Å². The second-order valence-corrected chi connectivity index (χ2v) is 4.93. The number of nitrogens with one attached hydrogen (secondary N) is 1. The second kappa shape index (κ2) is 5.99.